The van der Waals surface area contributed by atoms with Crippen molar-refractivity contribution in [2.75, 3.05) is 6.61 Å². The molecule has 0 aliphatic rings. The fourth-order valence-electron chi connectivity index (χ4n) is 7.71. The van der Waals surface area contributed by atoms with Crippen LogP contribution in [0.4, 0.5) is 0 Å². The van der Waals surface area contributed by atoms with E-state index in [0.29, 0.717) is 12.8 Å². The van der Waals surface area contributed by atoms with Crippen molar-refractivity contribution < 1.29 is 20.1 Å². The molecule has 326 valence electrons. The number of hydrogen-bond donors (Lipinski definition) is 4. The highest BCUT2D eigenvalue weighted by Gasteiger charge is 2.26. The number of allylic oxidation sites excluding steroid dienone is 4. The molecule has 0 aliphatic heterocycles. The summed E-state index contributed by atoms with van der Waals surface area (Å²) < 4.78 is 0. The highest BCUT2D eigenvalue weighted by molar-refractivity contribution is 5.76. The van der Waals surface area contributed by atoms with Crippen LogP contribution in [0.25, 0.3) is 0 Å². The van der Waals surface area contributed by atoms with Crippen LogP contribution in [-0.4, -0.2) is 46.1 Å². The van der Waals surface area contributed by atoms with Crippen LogP contribution >= 0.6 is 0 Å². The fourth-order valence-corrected chi connectivity index (χ4v) is 7.71. The molecule has 0 spiro atoms. The molecule has 0 saturated heterocycles. The van der Waals surface area contributed by atoms with E-state index in [-0.39, 0.29) is 12.5 Å². The summed E-state index contributed by atoms with van der Waals surface area (Å²) in [4.78, 5) is 12.5. The molecule has 4 N–H and O–H groups in total. The maximum absolute atomic E-state index is 12.5. The Hall–Kier alpha value is -1.17. The molecule has 0 aromatic heterocycles. The third-order valence-electron chi connectivity index (χ3n) is 11.5. The first-order valence-electron chi connectivity index (χ1n) is 24.6. The van der Waals surface area contributed by atoms with Gasteiger partial charge in [0.15, 0.2) is 0 Å². The summed E-state index contributed by atoms with van der Waals surface area (Å²) in [6, 6.07) is -0.828. The minimum absolute atomic E-state index is 0.154. The first kappa shape index (κ1) is 53.8. The van der Waals surface area contributed by atoms with Crippen molar-refractivity contribution in [3.63, 3.8) is 0 Å². The number of rotatable bonds is 45. The van der Waals surface area contributed by atoms with Crippen LogP contribution in [0.3, 0.4) is 0 Å². The van der Waals surface area contributed by atoms with Crippen molar-refractivity contribution in [3.8, 4) is 0 Å². The monoisotopic (exact) mass is 776 g/mol. The molecule has 1 amide bonds. The molecule has 0 heterocycles. The van der Waals surface area contributed by atoms with Gasteiger partial charge in [0.2, 0.25) is 5.91 Å². The predicted molar refractivity (Wildman–Crippen MR) is 241 cm³/mol. The first-order valence-corrected chi connectivity index (χ1v) is 24.6. The van der Waals surface area contributed by atoms with Gasteiger partial charge in [-0.05, 0) is 51.4 Å². The Morgan fingerprint density at radius 3 is 1.11 bits per heavy atom. The molecule has 0 rings (SSSR count). The van der Waals surface area contributed by atoms with Crippen LogP contribution < -0.4 is 5.32 Å². The second kappa shape index (κ2) is 45.5. The third kappa shape index (κ3) is 40.8. The van der Waals surface area contributed by atoms with E-state index in [0.717, 1.165) is 44.9 Å². The standard InChI is InChI=1S/C50H97NO4/c1-3-5-7-9-11-13-15-17-19-20-21-22-23-24-25-26-27-28-29-31-33-35-37-39-41-43-45-49(54)51-47(46-52)50(55)48(53)44-42-40-38-36-34-32-30-18-16-14-12-10-8-6-4-2/h18,30,36,38,47-48,50,52-53,55H,3-17,19-29,31-35,37,39-46H2,1-2H3,(H,51,54)/b30-18+,38-36+. The molecule has 3 atom stereocenters. The summed E-state index contributed by atoms with van der Waals surface area (Å²) in [6.07, 6.45) is 56.0. The minimum Gasteiger partial charge on any atom is -0.394 e. The van der Waals surface area contributed by atoms with Crippen molar-refractivity contribution in [3.05, 3.63) is 24.3 Å². The zero-order chi connectivity index (χ0) is 40.1. The number of unbranched alkanes of at least 4 members (excludes halogenated alkanes) is 33. The Balaban J connectivity index is 3.56. The van der Waals surface area contributed by atoms with Gasteiger partial charge in [-0.25, -0.2) is 0 Å². The van der Waals surface area contributed by atoms with Gasteiger partial charge in [-0.3, -0.25) is 4.79 Å². The minimum atomic E-state index is -1.16. The lowest BCUT2D eigenvalue weighted by Gasteiger charge is -2.26. The third-order valence-corrected chi connectivity index (χ3v) is 11.5. The largest absolute Gasteiger partial charge is 0.394 e. The zero-order valence-electron chi connectivity index (χ0n) is 37.1. The van der Waals surface area contributed by atoms with Crippen LogP contribution in [0.5, 0.6) is 0 Å². The van der Waals surface area contributed by atoms with E-state index in [1.54, 1.807) is 0 Å². The SMILES string of the molecule is CCCCCCCC/C=C/CC/C=C/CCCC(O)C(O)C(CO)NC(=O)CCCCCCCCCCCCCCCCCCCCCCCCCCCC. The molecule has 0 saturated carbocycles. The van der Waals surface area contributed by atoms with Gasteiger partial charge in [-0.15, -0.1) is 0 Å². The quantitative estimate of drug-likeness (QED) is 0.0366. The highest BCUT2D eigenvalue weighted by atomic mass is 16.3. The van der Waals surface area contributed by atoms with Crippen molar-refractivity contribution in [1.82, 2.24) is 5.32 Å². The summed E-state index contributed by atoms with van der Waals surface area (Å²) in [7, 11) is 0. The van der Waals surface area contributed by atoms with E-state index >= 15 is 0 Å². The highest BCUT2D eigenvalue weighted by Crippen LogP contribution is 2.17. The van der Waals surface area contributed by atoms with Gasteiger partial charge >= 0.3 is 0 Å². The van der Waals surface area contributed by atoms with Crippen LogP contribution in [0.15, 0.2) is 24.3 Å². The molecule has 0 aliphatic carbocycles. The van der Waals surface area contributed by atoms with Crippen LogP contribution in [0.1, 0.15) is 264 Å². The van der Waals surface area contributed by atoms with Gasteiger partial charge in [0.05, 0.1) is 18.8 Å². The van der Waals surface area contributed by atoms with E-state index < -0.39 is 18.2 Å². The number of hydrogen-bond acceptors (Lipinski definition) is 4. The van der Waals surface area contributed by atoms with Crippen LogP contribution in [0.2, 0.25) is 0 Å². The number of amides is 1. The summed E-state index contributed by atoms with van der Waals surface area (Å²) in [5, 5.41) is 33.5. The molecule has 0 aromatic rings. The van der Waals surface area contributed by atoms with Crippen molar-refractivity contribution >= 4 is 5.91 Å². The van der Waals surface area contributed by atoms with Crippen LogP contribution in [0, 0.1) is 0 Å². The fraction of sp³-hybridized carbons (Fsp3) is 0.900. The summed E-state index contributed by atoms with van der Waals surface area (Å²) in [5.74, 6) is -0.154. The van der Waals surface area contributed by atoms with Gasteiger partial charge in [0, 0.05) is 6.42 Å². The lowest BCUT2D eigenvalue weighted by Crippen LogP contribution is -2.50. The number of carbonyl (C=O) groups excluding carboxylic acids is 1. The van der Waals surface area contributed by atoms with E-state index in [1.807, 2.05) is 0 Å². The molecule has 0 fully saturated rings. The lowest BCUT2D eigenvalue weighted by atomic mass is 10.0. The predicted octanol–water partition coefficient (Wildman–Crippen LogP) is 14.6. The number of aliphatic hydroxyl groups excluding tert-OH is 3. The van der Waals surface area contributed by atoms with Crippen molar-refractivity contribution in [2.24, 2.45) is 0 Å². The Kier molecular flexibility index (Phi) is 44.6. The Morgan fingerprint density at radius 2 is 0.745 bits per heavy atom. The molecule has 0 bridgehead atoms. The van der Waals surface area contributed by atoms with Gasteiger partial charge < -0.3 is 20.6 Å². The smallest absolute Gasteiger partial charge is 0.220 e. The topological polar surface area (TPSA) is 89.8 Å². The molecule has 3 unspecified atom stereocenters. The molecule has 5 heteroatoms. The van der Waals surface area contributed by atoms with Gasteiger partial charge in [-0.2, -0.15) is 0 Å². The van der Waals surface area contributed by atoms with E-state index in [1.165, 1.54) is 193 Å². The van der Waals surface area contributed by atoms with E-state index in [4.69, 9.17) is 0 Å². The molecular weight excluding hydrogens is 679 g/mol. The average molecular weight is 776 g/mol. The molecule has 5 nitrogen and oxygen atoms in total. The summed E-state index contributed by atoms with van der Waals surface area (Å²) >= 11 is 0. The second-order valence-electron chi connectivity index (χ2n) is 17.0. The maximum Gasteiger partial charge on any atom is 0.220 e. The van der Waals surface area contributed by atoms with Crippen molar-refractivity contribution in [1.29, 1.82) is 0 Å². The molecule has 0 radical (unpaired) electrons. The normalized spacial score (nSPS) is 13.6. The zero-order valence-corrected chi connectivity index (χ0v) is 37.1. The summed E-state index contributed by atoms with van der Waals surface area (Å²) in [6.45, 7) is 4.17. The lowest BCUT2D eigenvalue weighted by molar-refractivity contribution is -0.124. The van der Waals surface area contributed by atoms with Gasteiger partial charge in [0.25, 0.3) is 0 Å². The van der Waals surface area contributed by atoms with Crippen LogP contribution in [-0.2, 0) is 4.79 Å². The number of nitrogens with one attached hydrogen (secondary N) is 1. The van der Waals surface area contributed by atoms with Gasteiger partial charge in [0.1, 0.15) is 6.10 Å². The number of aliphatic hydroxyl groups is 3. The Morgan fingerprint density at radius 1 is 0.436 bits per heavy atom. The first-order chi connectivity index (χ1) is 27.1. The Bertz CT molecular complexity index is 814. The second-order valence-corrected chi connectivity index (χ2v) is 17.0. The molecular formula is C50H97NO4. The average Bonchev–Trinajstić information content (AvgIpc) is 3.19. The Labute approximate surface area is 343 Å². The van der Waals surface area contributed by atoms with Gasteiger partial charge in [-0.1, -0.05) is 231 Å². The molecule has 0 aromatic carbocycles. The van der Waals surface area contributed by atoms with E-state index in [2.05, 4.69) is 43.5 Å². The summed E-state index contributed by atoms with van der Waals surface area (Å²) in [5.41, 5.74) is 0. The van der Waals surface area contributed by atoms with E-state index in [9.17, 15) is 20.1 Å². The molecule has 55 heavy (non-hydrogen) atoms. The number of carbonyl (C=O) groups is 1. The maximum atomic E-state index is 12.5. The van der Waals surface area contributed by atoms with Crippen molar-refractivity contribution in [2.45, 2.75) is 283 Å².